The minimum Gasteiger partial charge on any atom is -0.493 e. The summed E-state index contributed by atoms with van der Waals surface area (Å²) >= 11 is 5.89. The molecule has 0 saturated heterocycles. The largest absolute Gasteiger partial charge is 0.493 e. The number of carbonyl (C=O) groups excluding carboxylic acids is 1. The molecule has 0 radical (unpaired) electrons. The molecule has 0 aliphatic heterocycles. The quantitative estimate of drug-likeness (QED) is 0.213. The number of unbranched alkanes of at least 4 members (excludes halogenated alkanes) is 2. The Labute approximate surface area is 194 Å². The fourth-order valence-electron chi connectivity index (χ4n) is 2.93. The van der Waals surface area contributed by atoms with E-state index in [1.807, 2.05) is 48.5 Å². The fraction of sp³-hybridized carbons (Fsp3) is 0.231. The van der Waals surface area contributed by atoms with Crippen molar-refractivity contribution in [1.82, 2.24) is 5.43 Å². The van der Waals surface area contributed by atoms with Gasteiger partial charge in [0.25, 0.3) is 5.91 Å². The van der Waals surface area contributed by atoms with Crippen molar-refractivity contribution in [3.8, 4) is 11.5 Å². The Hall–Kier alpha value is -3.31. The maximum atomic E-state index is 12.4. The molecule has 166 valence electrons. The Morgan fingerprint density at radius 3 is 2.47 bits per heavy atom. The molecule has 1 N–H and O–H groups in total. The van der Waals surface area contributed by atoms with E-state index in [2.05, 4.69) is 17.5 Å². The number of amides is 1. The summed E-state index contributed by atoms with van der Waals surface area (Å²) in [6.45, 7) is 3.25. The molecule has 0 aromatic heterocycles. The predicted octanol–water partition coefficient (Wildman–Crippen LogP) is 6.25. The van der Waals surface area contributed by atoms with Crippen molar-refractivity contribution in [3.05, 3.63) is 94.5 Å². The molecule has 6 heteroatoms. The Bertz CT molecular complexity index is 1020. The van der Waals surface area contributed by atoms with Crippen molar-refractivity contribution in [2.45, 2.75) is 32.8 Å². The summed E-state index contributed by atoms with van der Waals surface area (Å²) in [5, 5.41) is 4.77. The predicted molar refractivity (Wildman–Crippen MR) is 129 cm³/mol. The standard InChI is InChI=1S/C26H27ClN2O3/c1-2-3-6-17-31-25-8-5-4-7-22(25)18-28-29-26(30)21-11-15-24(16-12-21)32-19-20-9-13-23(27)14-10-20/h4-5,7-16,18H,2-3,6,17,19H2,1H3,(H,29,30). The lowest BCUT2D eigenvalue weighted by Gasteiger charge is -2.08. The molecule has 1 amide bonds. The van der Waals surface area contributed by atoms with Crippen molar-refractivity contribution >= 4 is 23.7 Å². The summed E-state index contributed by atoms with van der Waals surface area (Å²) in [6.07, 6.45) is 4.89. The summed E-state index contributed by atoms with van der Waals surface area (Å²) in [5.41, 5.74) is 4.88. The molecule has 0 fully saturated rings. The van der Waals surface area contributed by atoms with Crippen LogP contribution in [-0.2, 0) is 6.61 Å². The number of rotatable bonds is 11. The van der Waals surface area contributed by atoms with Crippen molar-refractivity contribution in [2.75, 3.05) is 6.61 Å². The highest BCUT2D eigenvalue weighted by Crippen LogP contribution is 2.17. The van der Waals surface area contributed by atoms with Gasteiger partial charge >= 0.3 is 0 Å². The van der Waals surface area contributed by atoms with Gasteiger partial charge in [0.05, 0.1) is 12.8 Å². The highest BCUT2D eigenvalue weighted by atomic mass is 35.5. The third-order valence-electron chi connectivity index (χ3n) is 4.73. The summed E-state index contributed by atoms with van der Waals surface area (Å²) < 4.78 is 11.6. The molecule has 3 rings (SSSR count). The molecule has 0 bridgehead atoms. The lowest BCUT2D eigenvalue weighted by molar-refractivity contribution is 0.0955. The van der Waals surface area contributed by atoms with Crippen LogP contribution in [0.3, 0.4) is 0 Å². The fourth-order valence-corrected chi connectivity index (χ4v) is 3.05. The number of benzene rings is 3. The van der Waals surface area contributed by atoms with Crippen LogP contribution in [0.15, 0.2) is 77.9 Å². The Kier molecular flexibility index (Phi) is 9.14. The lowest BCUT2D eigenvalue weighted by Crippen LogP contribution is -2.17. The van der Waals surface area contributed by atoms with Crippen molar-refractivity contribution in [2.24, 2.45) is 5.10 Å². The topological polar surface area (TPSA) is 59.9 Å². The zero-order valence-electron chi connectivity index (χ0n) is 18.1. The first-order chi connectivity index (χ1) is 15.7. The normalized spacial score (nSPS) is 10.8. The summed E-state index contributed by atoms with van der Waals surface area (Å²) in [6, 6.07) is 22.0. The van der Waals surface area contributed by atoms with Gasteiger partial charge in [-0.1, -0.05) is 55.6 Å². The van der Waals surface area contributed by atoms with E-state index >= 15 is 0 Å². The Morgan fingerprint density at radius 1 is 0.969 bits per heavy atom. The molecule has 0 unspecified atom stereocenters. The van der Waals surface area contributed by atoms with Gasteiger partial charge in [-0.05, 0) is 60.5 Å². The van der Waals surface area contributed by atoms with E-state index in [-0.39, 0.29) is 5.91 Å². The van der Waals surface area contributed by atoms with Gasteiger partial charge in [0.15, 0.2) is 0 Å². The van der Waals surface area contributed by atoms with E-state index in [9.17, 15) is 4.79 Å². The van der Waals surface area contributed by atoms with Crippen LogP contribution in [0.25, 0.3) is 0 Å². The molecule has 0 aliphatic carbocycles. The van der Waals surface area contributed by atoms with Gasteiger partial charge in [0.1, 0.15) is 18.1 Å². The van der Waals surface area contributed by atoms with E-state index in [1.165, 1.54) is 0 Å². The molecule has 3 aromatic carbocycles. The third kappa shape index (κ3) is 7.43. The van der Waals surface area contributed by atoms with E-state index < -0.39 is 0 Å². The second-order valence-corrected chi connectivity index (χ2v) is 7.67. The number of para-hydroxylation sites is 1. The van der Waals surface area contributed by atoms with Crippen molar-refractivity contribution in [1.29, 1.82) is 0 Å². The van der Waals surface area contributed by atoms with Crippen LogP contribution in [-0.4, -0.2) is 18.7 Å². The van der Waals surface area contributed by atoms with Crippen LogP contribution in [0.5, 0.6) is 11.5 Å². The van der Waals surface area contributed by atoms with Crippen LogP contribution >= 0.6 is 11.6 Å². The second kappa shape index (κ2) is 12.5. The summed E-state index contributed by atoms with van der Waals surface area (Å²) in [4.78, 5) is 12.4. The molecular weight excluding hydrogens is 424 g/mol. The minimum absolute atomic E-state index is 0.299. The average Bonchev–Trinajstić information content (AvgIpc) is 2.82. The van der Waals surface area contributed by atoms with Crippen LogP contribution in [0.1, 0.15) is 47.7 Å². The zero-order chi connectivity index (χ0) is 22.6. The molecule has 0 aliphatic rings. The van der Waals surface area contributed by atoms with Gasteiger partial charge in [-0.15, -0.1) is 0 Å². The average molecular weight is 451 g/mol. The number of hydrogen-bond acceptors (Lipinski definition) is 4. The van der Waals surface area contributed by atoms with Gasteiger partial charge in [0.2, 0.25) is 0 Å². The molecule has 3 aromatic rings. The van der Waals surface area contributed by atoms with Crippen LogP contribution in [0.2, 0.25) is 5.02 Å². The first-order valence-electron chi connectivity index (χ1n) is 10.7. The Morgan fingerprint density at radius 2 is 1.72 bits per heavy atom. The molecule has 0 spiro atoms. The summed E-state index contributed by atoms with van der Waals surface area (Å²) in [7, 11) is 0. The van der Waals surface area contributed by atoms with Gasteiger partial charge < -0.3 is 9.47 Å². The molecule has 0 saturated carbocycles. The second-order valence-electron chi connectivity index (χ2n) is 7.23. The third-order valence-corrected chi connectivity index (χ3v) is 4.98. The van der Waals surface area contributed by atoms with Gasteiger partial charge in [-0.3, -0.25) is 4.79 Å². The van der Waals surface area contributed by atoms with E-state index in [0.29, 0.717) is 29.5 Å². The highest BCUT2D eigenvalue weighted by molar-refractivity contribution is 6.30. The van der Waals surface area contributed by atoms with Crippen LogP contribution in [0.4, 0.5) is 0 Å². The first kappa shape index (κ1) is 23.4. The van der Waals surface area contributed by atoms with Crippen LogP contribution < -0.4 is 14.9 Å². The van der Waals surface area contributed by atoms with E-state index in [1.54, 1.807) is 30.5 Å². The molecule has 0 heterocycles. The summed E-state index contributed by atoms with van der Waals surface area (Å²) in [5.74, 6) is 1.13. The highest BCUT2D eigenvalue weighted by Gasteiger charge is 2.06. The SMILES string of the molecule is CCCCCOc1ccccc1C=NNC(=O)c1ccc(OCc2ccc(Cl)cc2)cc1. The molecule has 32 heavy (non-hydrogen) atoms. The Balaban J connectivity index is 1.50. The van der Waals surface area contributed by atoms with Crippen molar-refractivity contribution < 1.29 is 14.3 Å². The van der Waals surface area contributed by atoms with Crippen molar-refractivity contribution in [3.63, 3.8) is 0 Å². The smallest absolute Gasteiger partial charge is 0.271 e. The van der Waals surface area contributed by atoms with Crippen LogP contribution in [0, 0.1) is 0 Å². The van der Waals surface area contributed by atoms with Gasteiger partial charge in [-0.2, -0.15) is 5.10 Å². The maximum Gasteiger partial charge on any atom is 0.271 e. The van der Waals surface area contributed by atoms with E-state index in [0.717, 1.165) is 36.1 Å². The van der Waals surface area contributed by atoms with E-state index in [4.69, 9.17) is 21.1 Å². The van der Waals surface area contributed by atoms with Gasteiger partial charge in [-0.25, -0.2) is 5.43 Å². The maximum absolute atomic E-state index is 12.4. The number of hydrazone groups is 1. The monoisotopic (exact) mass is 450 g/mol. The molecule has 5 nitrogen and oxygen atoms in total. The lowest BCUT2D eigenvalue weighted by atomic mass is 10.2. The number of carbonyl (C=O) groups is 1. The van der Waals surface area contributed by atoms with Gasteiger partial charge in [0, 0.05) is 16.1 Å². The zero-order valence-corrected chi connectivity index (χ0v) is 18.8. The number of ether oxygens (including phenoxy) is 2. The number of nitrogens with zero attached hydrogens (tertiary/aromatic N) is 1. The number of nitrogens with one attached hydrogen (secondary N) is 1. The molecule has 0 atom stereocenters. The molecular formula is C26H27ClN2O3. The number of halogens is 1. The minimum atomic E-state index is -0.299. The first-order valence-corrected chi connectivity index (χ1v) is 11.1. The number of hydrogen-bond donors (Lipinski definition) is 1.